The van der Waals surface area contributed by atoms with Crippen LogP contribution in [0, 0.1) is 6.92 Å². The highest BCUT2D eigenvalue weighted by molar-refractivity contribution is 8.01. The Bertz CT molecular complexity index is 448. The summed E-state index contributed by atoms with van der Waals surface area (Å²) in [5.41, 5.74) is 0. The van der Waals surface area contributed by atoms with Crippen molar-refractivity contribution in [2.75, 3.05) is 7.11 Å². The molecule has 1 nitrogen and oxygen atoms in total. The molecule has 1 aromatic carbocycles. The molecule has 0 saturated heterocycles. The summed E-state index contributed by atoms with van der Waals surface area (Å²) in [5, 5.41) is 0. The number of para-hydroxylation sites is 1. The molecule has 3 heteroatoms. The number of hydrogen-bond acceptors (Lipinski definition) is 3. The van der Waals surface area contributed by atoms with E-state index < -0.39 is 0 Å². The van der Waals surface area contributed by atoms with Gasteiger partial charge in [-0.25, -0.2) is 0 Å². The van der Waals surface area contributed by atoms with Gasteiger partial charge in [0.1, 0.15) is 5.75 Å². The van der Waals surface area contributed by atoms with Crippen molar-refractivity contribution in [2.45, 2.75) is 16.0 Å². The zero-order valence-electron chi connectivity index (χ0n) is 8.69. The normalized spacial score (nSPS) is 10.3. The van der Waals surface area contributed by atoms with E-state index in [1.807, 2.05) is 29.5 Å². The van der Waals surface area contributed by atoms with Crippen molar-refractivity contribution in [2.24, 2.45) is 0 Å². The lowest BCUT2D eigenvalue weighted by atomic mass is 10.3. The number of ether oxygens (including phenoxy) is 1. The van der Waals surface area contributed by atoms with Crippen LogP contribution in [-0.2, 0) is 0 Å². The van der Waals surface area contributed by atoms with Gasteiger partial charge in [-0.15, -0.1) is 11.3 Å². The largest absolute Gasteiger partial charge is 0.496 e. The molecule has 0 amide bonds. The fourth-order valence-electron chi connectivity index (χ4n) is 1.28. The first kappa shape index (κ1) is 10.6. The van der Waals surface area contributed by atoms with Gasteiger partial charge in [0.2, 0.25) is 0 Å². The van der Waals surface area contributed by atoms with Crippen LogP contribution in [0.2, 0.25) is 0 Å². The van der Waals surface area contributed by atoms with Crippen molar-refractivity contribution < 1.29 is 4.74 Å². The van der Waals surface area contributed by atoms with Crippen molar-refractivity contribution in [3.05, 3.63) is 41.3 Å². The van der Waals surface area contributed by atoms with Crippen LogP contribution in [0.5, 0.6) is 5.75 Å². The molecule has 78 valence electrons. The van der Waals surface area contributed by atoms with E-state index in [1.54, 1.807) is 18.9 Å². The molecule has 1 heterocycles. The molecule has 0 aliphatic carbocycles. The maximum Gasteiger partial charge on any atom is 0.132 e. The molecular weight excluding hydrogens is 224 g/mol. The molecule has 0 aliphatic heterocycles. The van der Waals surface area contributed by atoms with Crippen molar-refractivity contribution in [1.82, 2.24) is 0 Å². The summed E-state index contributed by atoms with van der Waals surface area (Å²) < 4.78 is 6.61. The van der Waals surface area contributed by atoms with Gasteiger partial charge >= 0.3 is 0 Å². The minimum atomic E-state index is 0.938. The highest BCUT2D eigenvalue weighted by Crippen LogP contribution is 2.37. The molecule has 0 fully saturated rings. The Hall–Kier alpha value is -0.930. The van der Waals surface area contributed by atoms with Crippen LogP contribution in [0.1, 0.15) is 4.88 Å². The molecule has 1 aromatic heterocycles. The van der Waals surface area contributed by atoms with Gasteiger partial charge in [-0.05, 0) is 31.2 Å². The van der Waals surface area contributed by atoms with Gasteiger partial charge in [-0.3, -0.25) is 0 Å². The Morgan fingerprint density at radius 1 is 1.13 bits per heavy atom. The van der Waals surface area contributed by atoms with Gasteiger partial charge in [0, 0.05) is 4.88 Å². The Labute approximate surface area is 98.1 Å². The predicted octanol–water partition coefficient (Wildman–Crippen LogP) is 4.22. The van der Waals surface area contributed by atoms with Gasteiger partial charge in [-0.2, -0.15) is 0 Å². The van der Waals surface area contributed by atoms with E-state index in [0.29, 0.717) is 0 Å². The van der Waals surface area contributed by atoms with Gasteiger partial charge in [-0.1, -0.05) is 23.9 Å². The minimum absolute atomic E-state index is 0.938. The van der Waals surface area contributed by atoms with E-state index >= 15 is 0 Å². The van der Waals surface area contributed by atoms with E-state index in [4.69, 9.17) is 4.74 Å². The minimum Gasteiger partial charge on any atom is -0.496 e. The average molecular weight is 236 g/mol. The van der Waals surface area contributed by atoms with E-state index in [9.17, 15) is 0 Å². The lowest BCUT2D eigenvalue weighted by Crippen LogP contribution is -1.84. The van der Waals surface area contributed by atoms with Crippen LogP contribution in [0.4, 0.5) is 0 Å². The van der Waals surface area contributed by atoms with Gasteiger partial charge in [0.05, 0.1) is 16.2 Å². The Balaban J connectivity index is 2.23. The third-order valence-corrected chi connectivity index (χ3v) is 4.19. The fourth-order valence-corrected chi connectivity index (χ4v) is 3.45. The number of thiophene rings is 1. The van der Waals surface area contributed by atoms with Crippen LogP contribution in [-0.4, -0.2) is 7.11 Å². The Kier molecular flexibility index (Phi) is 3.34. The lowest BCUT2D eigenvalue weighted by Gasteiger charge is -2.05. The standard InChI is InChI=1S/C12H12OS2/c1-9-7-8-12(14-9)15-11-6-4-3-5-10(11)13-2/h3-8H,1-2H3. The summed E-state index contributed by atoms with van der Waals surface area (Å²) in [6, 6.07) is 12.4. The highest BCUT2D eigenvalue weighted by Gasteiger charge is 2.04. The van der Waals surface area contributed by atoms with E-state index in [0.717, 1.165) is 5.75 Å². The van der Waals surface area contributed by atoms with Crippen LogP contribution >= 0.6 is 23.1 Å². The third kappa shape index (κ3) is 2.55. The second-order valence-electron chi connectivity index (χ2n) is 3.12. The summed E-state index contributed by atoms with van der Waals surface area (Å²) >= 11 is 3.56. The lowest BCUT2D eigenvalue weighted by molar-refractivity contribution is 0.405. The summed E-state index contributed by atoms with van der Waals surface area (Å²) in [5.74, 6) is 0.938. The molecule has 2 rings (SSSR count). The Morgan fingerprint density at radius 3 is 2.60 bits per heavy atom. The molecule has 0 bridgehead atoms. The van der Waals surface area contributed by atoms with Crippen LogP contribution in [0.15, 0.2) is 45.5 Å². The molecule has 2 aromatic rings. The molecule has 0 spiro atoms. The zero-order chi connectivity index (χ0) is 10.7. The van der Waals surface area contributed by atoms with E-state index in [2.05, 4.69) is 25.1 Å². The van der Waals surface area contributed by atoms with Crippen molar-refractivity contribution in [1.29, 1.82) is 0 Å². The second-order valence-corrected chi connectivity index (χ2v) is 5.75. The Morgan fingerprint density at radius 2 is 1.93 bits per heavy atom. The first-order chi connectivity index (χ1) is 7.29. The van der Waals surface area contributed by atoms with Crippen LogP contribution in [0.3, 0.4) is 0 Å². The number of methoxy groups -OCH3 is 1. The molecule has 0 aliphatic rings. The van der Waals surface area contributed by atoms with Crippen LogP contribution in [0.25, 0.3) is 0 Å². The van der Waals surface area contributed by atoms with Crippen molar-refractivity contribution >= 4 is 23.1 Å². The zero-order valence-corrected chi connectivity index (χ0v) is 10.3. The van der Waals surface area contributed by atoms with Gasteiger partial charge in [0.25, 0.3) is 0 Å². The summed E-state index contributed by atoms with van der Waals surface area (Å²) in [7, 11) is 1.71. The summed E-state index contributed by atoms with van der Waals surface area (Å²) in [6.07, 6.45) is 0. The van der Waals surface area contributed by atoms with Crippen molar-refractivity contribution in [3.8, 4) is 5.75 Å². The first-order valence-electron chi connectivity index (χ1n) is 4.67. The molecule has 0 N–H and O–H groups in total. The summed E-state index contributed by atoms with van der Waals surface area (Å²) in [4.78, 5) is 2.51. The number of rotatable bonds is 3. The maximum atomic E-state index is 5.31. The third-order valence-electron chi connectivity index (χ3n) is 2.00. The highest BCUT2D eigenvalue weighted by atomic mass is 32.2. The molecule has 0 unspecified atom stereocenters. The molecule has 0 atom stereocenters. The quantitative estimate of drug-likeness (QED) is 0.789. The molecule has 15 heavy (non-hydrogen) atoms. The molecule has 0 saturated carbocycles. The SMILES string of the molecule is COc1ccccc1Sc1ccc(C)s1. The van der Waals surface area contributed by atoms with Crippen LogP contribution < -0.4 is 4.74 Å². The molecular formula is C12H12OS2. The van der Waals surface area contributed by atoms with E-state index in [-0.39, 0.29) is 0 Å². The number of benzene rings is 1. The van der Waals surface area contributed by atoms with Gasteiger partial charge < -0.3 is 4.74 Å². The van der Waals surface area contributed by atoms with Crippen molar-refractivity contribution in [3.63, 3.8) is 0 Å². The number of aryl methyl sites for hydroxylation is 1. The van der Waals surface area contributed by atoms with Gasteiger partial charge in [0.15, 0.2) is 0 Å². The smallest absolute Gasteiger partial charge is 0.132 e. The predicted molar refractivity (Wildman–Crippen MR) is 66.2 cm³/mol. The van der Waals surface area contributed by atoms with E-state index in [1.165, 1.54) is 14.0 Å². The number of hydrogen-bond donors (Lipinski definition) is 0. The topological polar surface area (TPSA) is 9.23 Å². The monoisotopic (exact) mass is 236 g/mol. The maximum absolute atomic E-state index is 5.31. The fraction of sp³-hybridized carbons (Fsp3) is 0.167. The average Bonchev–Trinajstić information content (AvgIpc) is 2.65. The molecule has 0 radical (unpaired) electrons. The first-order valence-corrected chi connectivity index (χ1v) is 6.30. The second kappa shape index (κ2) is 4.73. The summed E-state index contributed by atoms with van der Waals surface area (Å²) in [6.45, 7) is 2.12.